The van der Waals surface area contributed by atoms with Crippen molar-refractivity contribution < 1.29 is 9.90 Å². The van der Waals surface area contributed by atoms with Crippen LogP contribution in [0.2, 0.25) is 10.0 Å². The summed E-state index contributed by atoms with van der Waals surface area (Å²) in [7, 11) is 0. The Morgan fingerprint density at radius 3 is 2.50 bits per heavy atom. The third kappa shape index (κ3) is 3.49. The molecule has 0 radical (unpaired) electrons. The number of hydrogen-bond donors (Lipinski definition) is 1. The predicted octanol–water partition coefficient (Wildman–Crippen LogP) is 5.64. The predicted molar refractivity (Wildman–Crippen MR) is 117 cm³/mol. The van der Waals surface area contributed by atoms with Crippen molar-refractivity contribution in [2.24, 2.45) is 0 Å². The minimum atomic E-state index is -0.611. The maximum absolute atomic E-state index is 13.4. The van der Waals surface area contributed by atoms with Crippen molar-refractivity contribution in [2.75, 3.05) is 4.90 Å². The van der Waals surface area contributed by atoms with Crippen LogP contribution < -0.4 is 4.90 Å². The molecule has 2 heterocycles. The van der Waals surface area contributed by atoms with Crippen LogP contribution in [0.1, 0.15) is 17.2 Å². The summed E-state index contributed by atoms with van der Waals surface area (Å²) in [5.41, 5.74) is 2.30. The van der Waals surface area contributed by atoms with Gasteiger partial charge in [-0.2, -0.15) is 11.3 Å². The molecule has 1 aliphatic rings. The van der Waals surface area contributed by atoms with E-state index in [1.54, 1.807) is 53.8 Å². The van der Waals surface area contributed by atoms with E-state index in [-0.39, 0.29) is 11.7 Å². The van der Waals surface area contributed by atoms with Gasteiger partial charge in [0, 0.05) is 11.6 Å². The molecule has 3 aromatic rings. The molecule has 1 N–H and O–H groups in total. The molecule has 0 aliphatic carbocycles. The summed E-state index contributed by atoms with van der Waals surface area (Å²) >= 11 is 19.6. The third-order valence-electron chi connectivity index (χ3n) is 4.50. The van der Waals surface area contributed by atoms with Crippen LogP contribution in [-0.2, 0) is 11.3 Å². The number of carbonyl (C=O) groups excluding carboxylic acids is 1. The van der Waals surface area contributed by atoms with Crippen LogP contribution in [0.5, 0.6) is 5.75 Å². The van der Waals surface area contributed by atoms with Crippen molar-refractivity contribution in [2.45, 2.75) is 12.6 Å². The molecule has 1 amide bonds. The van der Waals surface area contributed by atoms with Gasteiger partial charge in [0.2, 0.25) is 0 Å². The summed E-state index contributed by atoms with van der Waals surface area (Å²) < 4.78 is 0. The summed E-state index contributed by atoms with van der Waals surface area (Å²) in [4.78, 5) is 16.8. The molecule has 1 aromatic heterocycles. The highest BCUT2D eigenvalue weighted by Crippen LogP contribution is 2.39. The lowest BCUT2D eigenvalue weighted by Gasteiger charge is -2.24. The van der Waals surface area contributed by atoms with Crippen molar-refractivity contribution in [3.63, 3.8) is 0 Å². The van der Waals surface area contributed by atoms with Crippen LogP contribution in [0.3, 0.4) is 0 Å². The van der Waals surface area contributed by atoms with Gasteiger partial charge in [-0.15, -0.1) is 0 Å². The van der Waals surface area contributed by atoms with Crippen molar-refractivity contribution in [1.82, 2.24) is 4.90 Å². The molecule has 8 heteroatoms. The number of nitrogens with zero attached hydrogens (tertiary/aromatic N) is 2. The molecule has 2 aromatic carbocycles. The number of benzene rings is 2. The molecular formula is C20H14Cl2N2O2S2. The lowest BCUT2D eigenvalue weighted by molar-refractivity contribution is -0.120. The highest BCUT2D eigenvalue weighted by molar-refractivity contribution is 7.80. The van der Waals surface area contributed by atoms with Crippen molar-refractivity contribution >= 4 is 63.5 Å². The Morgan fingerprint density at radius 1 is 1.11 bits per heavy atom. The first-order valence-electron chi connectivity index (χ1n) is 8.35. The molecule has 1 aliphatic heterocycles. The van der Waals surface area contributed by atoms with E-state index in [1.165, 1.54) is 4.90 Å². The van der Waals surface area contributed by atoms with Crippen LogP contribution in [0.25, 0.3) is 0 Å². The van der Waals surface area contributed by atoms with Crippen LogP contribution in [0, 0.1) is 0 Å². The van der Waals surface area contributed by atoms with Gasteiger partial charge in [0.25, 0.3) is 5.91 Å². The van der Waals surface area contributed by atoms with Crippen LogP contribution >= 0.6 is 46.8 Å². The van der Waals surface area contributed by atoms with E-state index in [4.69, 9.17) is 35.4 Å². The lowest BCUT2D eigenvalue weighted by Crippen LogP contribution is -2.32. The van der Waals surface area contributed by atoms with Gasteiger partial charge in [0.05, 0.1) is 10.7 Å². The van der Waals surface area contributed by atoms with Gasteiger partial charge in [-0.3, -0.25) is 9.69 Å². The fourth-order valence-corrected chi connectivity index (χ4v) is 4.70. The summed E-state index contributed by atoms with van der Waals surface area (Å²) in [5.74, 6) is -0.0612. The van der Waals surface area contributed by atoms with Gasteiger partial charge in [0.1, 0.15) is 11.8 Å². The van der Waals surface area contributed by atoms with Crippen molar-refractivity contribution in [3.8, 4) is 5.75 Å². The number of halogens is 2. The highest BCUT2D eigenvalue weighted by Gasteiger charge is 2.44. The molecule has 142 valence electrons. The Hall–Kier alpha value is -2.12. The molecule has 28 heavy (non-hydrogen) atoms. The number of rotatable bonds is 4. The zero-order valence-corrected chi connectivity index (χ0v) is 17.5. The fraction of sp³-hybridized carbons (Fsp3) is 0.100. The van der Waals surface area contributed by atoms with Crippen LogP contribution in [0.4, 0.5) is 5.69 Å². The molecule has 0 spiro atoms. The smallest absolute Gasteiger partial charge is 0.260 e. The van der Waals surface area contributed by atoms with Crippen molar-refractivity contribution in [3.05, 3.63) is 80.5 Å². The molecule has 4 nitrogen and oxygen atoms in total. The Bertz CT molecular complexity index is 1040. The standard InChI is InChI=1S/C20H14Cl2N2O2S2/c21-14-3-6-17(16(22)9-14)24-19(26)18(13-1-4-15(25)5-2-13)23(20(24)27)10-12-7-8-28-11-12/h1-9,11,18,25H,10H2. The second-order valence-electron chi connectivity index (χ2n) is 6.31. The third-order valence-corrected chi connectivity index (χ3v) is 6.18. The SMILES string of the molecule is O=C1C(c2ccc(O)cc2)N(Cc2ccsc2)C(=S)N1c1ccc(Cl)cc1Cl. The number of amides is 1. The Labute approximate surface area is 181 Å². The van der Waals surface area contributed by atoms with E-state index in [0.717, 1.165) is 11.1 Å². The average molecular weight is 449 g/mol. The maximum Gasteiger partial charge on any atom is 0.260 e. The number of thiophene rings is 1. The zero-order chi connectivity index (χ0) is 19.8. The van der Waals surface area contributed by atoms with E-state index < -0.39 is 6.04 Å². The topological polar surface area (TPSA) is 43.8 Å². The second-order valence-corrected chi connectivity index (χ2v) is 8.29. The Kier molecular flexibility index (Phi) is 5.29. The van der Waals surface area contributed by atoms with Crippen LogP contribution in [0.15, 0.2) is 59.3 Å². The number of aromatic hydroxyl groups is 1. The van der Waals surface area contributed by atoms with Gasteiger partial charge >= 0.3 is 0 Å². The average Bonchev–Trinajstić information content (AvgIpc) is 3.25. The second kappa shape index (κ2) is 7.72. The number of phenolic OH excluding ortho intramolecular Hbond substituents is 1. The van der Waals surface area contributed by atoms with Crippen LogP contribution in [-0.4, -0.2) is 21.0 Å². The van der Waals surface area contributed by atoms with E-state index in [9.17, 15) is 9.90 Å². The first-order valence-corrected chi connectivity index (χ1v) is 10.5. The monoisotopic (exact) mass is 448 g/mol. The molecule has 1 unspecified atom stereocenters. The number of carbonyl (C=O) groups is 1. The first-order chi connectivity index (χ1) is 13.5. The molecule has 1 atom stereocenters. The Morgan fingerprint density at radius 2 is 1.86 bits per heavy atom. The summed E-state index contributed by atoms with van der Waals surface area (Å²) in [5, 5.41) is 14.8. The zero-order valence-electron chi connectivity index (χ0n) is 14.4. The largest absolute Gasteiger partial charge is 0.508 e. The minimum absolute atomic E-state index is 0.138. The first kappa shape index (κ1) is 19.2. The number of hydrogen-bond acceptors (Lipinski definition) is 4. The number of thiocarbonyl (C=S) groups is 1. The number of phenols is 1. The maximum atomic E-state index is 13.4. The van der Waals surface area contributed by atoms with E-state index in [0.29, 0.717) is 27.4 Å². The molecular weight excluding hydrogens is 435 g/mol. The summed E-state index contributed by atoms with van der Waals surface area (Å²) in [6.07, 6.45) is 0. The van der Waals surface area contributed by atoms with Gasteiger partial charge in [-0.05, 0) is 70.5 Å². The van der Waals surface area contributed by atoms with E-state index in [2.05, 4.69) is 0 Å². The van der Waals surface area contributed by atoms with E-state index in [1.807, 2.05) is 21.7 Å². The normalized spacial score (nSPS) is 16.9. The van der Waals surface area contributed by atoms with E-state index >= 15 is 0 Å². The fourth-order valence-electron chi connectivity index (χ4n) is 3.19. The summed E-state index contributed by atoms with van der Waals surface area (Å²) in [6.45, 7) is 0.487. The Balaban J connectivity index is 1.78. The molecule has 1 fully saturated rings. The van der Waals surface area contributed by atoms with Crippen molar-refractivity contribution in [1.29, 1.82) is 0 Å². The van der Waals surface area contributed by atoms with Gasteiger partial charge < -0.3 is 10.0 Å². The summed E-state index contributed by atoms with van der Waals surface area (Å²) in [6, 6.07) is 12.9. The minimum Gasteiger partial charge on any atom is -0.508 e. The molecule has 1 saturated heterocycles. The van der Waals surface area contributed by atoms with Gasteiger partial charge in [-0.1, -0.05) is 35.3 Å². The highest BCUT2D eigenvalue weighted by atomic mass is 35.5. The lowest BCUT2D eigenvalue weighted by atomic mass is 10.0. The van der Waals surface area contributed by atoms with Gasteiger partial charge in [-0.25, -0.2) is 0 Å². The van der Waals surface area contributed by atoms with Gasteiger partial charge in [0.15, 0.2) is 5.11 Å². The number of anilines is 1. The quantitative estimate of drug-likeness (QED) is 0.524. The molecule has 0 saturated carbocycles. The molecule has 0 bridgehead atoms. The molecule has 4 rings (SSSR count).